The van der Waals surface area contributed by atoms with E-state index in [1.807, 2.05) is 25.1 Å². The van der Waals surface area contributed by atoms with Crippen LogP contribution in [0.4, 0.5) is 5.69 Å². The Morgan fingerprint density at radius 2 is 1.83 bits per heavy atom. The molecule has 0 amide bonds. The van der Waals surface area contributed by atoms with Crippen molar-refractivity contribution in [3.63, 3.8) is 0 Å². The lowest BCUT2D eigenvalue weighted by Crippen LogP contribution is -2.33. The van der Waals surface area contributed by atoms with Crippen LogP contribution < -0.4 is 4.90 Å². The first-order valence-corrected chi connectivity index (χ1v) is 12.8. The Kier molecular flexibility index (Phi) is 10.9. The summed E-state index contributed by atoms with van der Waals surface area (Å²) in [7, 11) is 3.85. The molecule has 2 rings (SSSR count). The first-order chi connectivity index (χ1) is 16.5. The van der Waals surface area contributed by atoms with Gasteiger partial charge in [0.05, 0.1) is 18.6 Å². The number of aliphatic hydroxyl groups excluding tert-OH is 2. The van der Waals surface area contributed by atoms with Crippen LogP contribution in [-0.4, -0.2) is 60.0 Å². The quantitative estimate of drug-likeness (QED) is 0.341. The lowest BCUT2D eigenvalue weighted by Gasteiger charge is -2.33. The molecule has 0 saturated carbocycles. The number of ketones is 3. The van der Waals surface area contributed by atoms with Gasteiger partial charge in [-0.15, -0.1) is 0 Å². The predicted octanol–water partition coefficient (Wildman–Crippen LogP) is 3.73. The molecule has 3 N–H and O–H groups in total. The maximum atomic E-state index is 13.3. The summed E-state index contributed by atoms with van der Waals surface area (Å²) >= 11 is 0. The zero-order valence-electron chi connectivity index (χ0n) is 22.0. The van der Waals surface area contributed by atoms with Gasteiger partial charge in [-0.2, -0.15) is 0 Å². The second-order valence-electron chi connectivity index (χ2n) is 10.8. The van der Waals surface area contributed by atoms with Crippen molar-refractivity contribution in [3.8, 4) is 5.75 Å². The molecule has 0 aromatic heterocycles. The van der Waals surface area contributed by atoms with Gasteiger partial charge in [0.1, 0.15) is 17.3 Å². The molecule has 0 heterocycles. The molecule has 1 aromatic rings. The van der Waals surface area contributed by atoms with E-state index in [0.717, 1.165) is 29.7 Å². The number of rotatable bonds is 14. The van der Waals surface area contributed by atoms with Crippen molar-refractivity contribution in [1.82, 2.24) is 0 Å². The molecule has 0 spiro atoms. The highest BCUT2D eigenvalue weighted by atomic mass is 16.3. The maximum Gasteiger partial charge on any atom is 0.167 e. The Hall–Kier alpha value is -2.25. The van der Waals surface area contributed by atoms with Crippen LogP contribution in [0.3, 0.4) is 0 Å². The van der Waals surface area contributed by atoms with Crippen LogP contribution in [0, 0.1) is 23.7 Å². The van der Waals surface area contributed by atoms with Crippen LogP contribution in [0.2, 0.25) is 0 Å². The number of Topliss-reactive ketones (excluding diaryl/α,β-unsaturated/α-hetero) is 3. The molecule has 0 radical (unpaired) electrons. The summed E-state index contributed by atoms with van der Waals surface area (Å²) in [5.41, 5.74) is 2.95. The number of carbonyl (C=O) groups excluding carboxylic acids is 3. The Labute approximate surface area is 209 Å². The molecule has 3 atom stereocenters. The van der Waals surface area contributed by atoms with E-state index in [9.17, 15) is 29.7 Å². The summed E-state index contributed by atoms with van der Waals surface area (Å²) in [5, 5.41) is 30.6. The third-order valence-corrected chi connectivity index (χ3v) is 7.16. The van der Waals surface area contributed by atoms with E-state index in [1.54, 1.807) is 0 Å². The number of aliphatic hydroxyl groups is 2. The molecular formula is C28H43NO6. The van der Waals surface area contributed by atoms with E-state index in [-0.39, 0.29) is 54.4 Å². The summed E-state index contributed by atoms with van der Waals surface area (Å²) in [4.78, 5) is 39.3. The van der Waals surface area contributed by atoms with E-state index in [4.69, 9.17) is 0 Å². The number of benzene rings is 1. The van der Waals surface area contributed by atoms with Gasteiger partial charge in [0.15, 0.2) is 5.78 Å². The second-order valence-corrected chi connectivity index (χ2v) is 10.8. The van der Waals surface area contributed by atoms with Crippen molar-refractivity contribution in [2.45, 2.75) is 72.1 Å². The van der Waals surface area contributed by atoms with Crippen LogP contribution in [0.5, 0.6) is 5.75 Å². The molecule has 1 aromatic carbocycles. The highest BCUT2D eigenvalue weighted by Gasteiger charge is 2.35. The summed E-state index contributed by atoms with van der Waals surface area (Å²) in [6, 6.07) is 1.99. The van der Waals surface area contributed by atoms with Gasteiger partial charge < -0.3 is 20.2 Å². The number of phenolic OH excluding ortho intramolecular Hbond substituents is 1. The van der Waals surface area contributed by atoms with Crippen molar-refractivity contribution >= 4 is 23.0 Å². The van der Waals surface area contributed by atoms with Gasteiger partial charge in [0.2, 0.25) is 0 Å². The second kappa shape index (κ2) is 13.2. The third-order valence-electron chi connectivity index (χ3n) is 7.16. The number of hydrogen-bond donors (Lipinski definition) is 3. The van der Waals surface area contributed by atoms with E-state index < -0.39 is 12.5 Å². The standard InChI is InChI=1S/C28H43NO6/c1-17(2)7-6-8-21-15-24(29(4)5)22-13-19(14-26(34)27(22)28(21)35)12-20(9-10-30)23(16-31)25(33)11-18(3)32/h15,17,19-20,23,30-31,35H,6-14,16H2,1-5H3. The van der Waals surface area contributed by atoms with E-state index in [1.165, 1.54) is 6.92 Å². The normalized spacial score (nSPS) is 17.3. The van der Waals surface area contributed by atoms with Gasteiger partial charge in [-0.05, 0) is 74.0 Å². The van der Waals surface area contributed by atoms with Gasteiger partial charge in [-0.1, -0.05) is 20.3 Å². The van der Waals surface area contributed by atoms with Gasteiger partial charge in [0, 0.05) is 38.7 Å². The largest absolute Gasteiger partial charge is 0.507 e. The minimum absolute atomic E-state index is 0.0874. The minimum Gasteiger partial charge on any atom is -0.507 e. The van der Waals surface area contributed by atoms with Gasteiger partial charge in [-0.3, -0.25) is 14.4 Å². The van der Waals surface area contributed by atoms with E-state index in [2.05, 4.69) is 13.8 Å². The van der Waals surface area contributed by atoms with Crippen molar-refractivity contribution in [2.24, 2.45) is 23.7 Å². The average molecular weight is 490 g/mol. The van der Waals surface area contributed by atoms with E-state index >= 15 is 0 Å². The molecule has 35 heavy (non-hydrogen) atoms. The first kappa shape index (κ1) is 29.0. The fourth-order valence-electron chi connectivity index (χ4n) is 5.41. The van der Waals surface area contributed by atoms with Crippen molar-refractivity contribution < 1.29 is 29.7 Å². The van der Waals surface area contributed by atoms with Crippen molar-refractivity contribution in [3.05, 3.63) is 22.8 Å². The smallest absolute Gasteiger partial charge is 0.167 e. The molecule has 0 aliphatic heterocycles. The molecule has 1 aliphatic rings. The topological polar surface area (TPSA) is 115 Å². The van der Waals surface area contributed by atoms with Gasteiger partial charge in [0.25, 0.3) is 0 Å². The van der Waals surface area contributed by atoms with Crippen molar-refractivity contribution in [2.75, 3.05) is 32.2 Å². The number of aryl methyl sites for hydroxylation is 1. The summed E-state index contributed by atoms with van der Waals surface area (Å²) in [5.74, 6) is -1.18. The monoisotopic (exact) mass is 489 g/mol. The Morgan fingerprint density at radius 1 is 1.14 bits per heavy atom. The maximum absolute atomic E-state index is 13.3. The number of hydrogen-bond acceptors (Lipinski definition) is 7. The fraction of sp³-hybridized carbons (Fsp3) is 0.679. The van der Waals surface area contributed by atoms with Crippen LogP contribution in [0.15, 0.2) is 6.07 Å². The average Bonchev–Trinajstić information content (AvgIpc) is 2.74. The molecule has 7 nitrogen and oxygen atoms in total. The third kappa shape index (κ3) is 7.61. The summed E-state index contributed by atoms with van der Waals surface area (Å²) < 4.78 is 0. The van der Waals surface area contributed by atoms with E-state index in [0.29, 0.717) is 37.2 Å². The van der Waals surface area contributed by atoms with Gasteiger partial charge >= 0.3 is 0 Å². The number of anilines is 1. The Balaban J connectivity index is 2.34. The molecule has 196 valence electrons. The highest BCUT2D eigenvalue weighted by Crippen LogP contribution is 2.42. The van der Waals surface area contributed by atoms with Crippen molar-refractivity contribution in [1.29, 1.82) is 0 Å². The van der Waals surface area contributed by atoms with Crippen LogP contribution in [0.25, 0.3) is 0 Å². The number of phenols is 1. The molecule has 0 saturated heterocycles. The minimum atomic E-state index is -0.743. The van der Waals surface area contributed by atoms with Crippen LogP contribution in [-0.2, 0) is 22.4 Å². The lowest BCUT2D eigenvalue weighted by atomic mass is 9.73. The van der Waals surface area contributed by atoms with Crippen LogP contribution >= 0.6 is 0 Å². The van der Waals surface area contributed by atoms with Crippen LogP contribution in [0.1, 0.15) is 80.8 Å². The zero-order chi connectivity index (χ0) is 26.3. The number of nitrogens with zero attached hydrogens (tertiary/aromatic N) is 1. The molecule has 1 aliphatic carbocycles. The summed E-state index contributed by atoms with van der Waals surface area (Å²) in [6.45, 7) is 5.14. The lowest BCUT2D eigenvalue weighted by molar-refractivity contribution is -0.131. The highest BCUT2D eigenvalue weighted by molar-refractivity contribution is 6.03. The molecular weight excluding hydrogens is 446 g/mol. The predicted molar refractivity (Wildman–Crippen MR) is 137 cm³/mol. The molecule has 3 unspecified atom stereocenters. The Bertz CT molecular complexity index is 907. The summed E-state index contributed by atoms with van der Waals surface area (Å²) in [6.07, 6.45) is 4.05. The zero-order valence-corrected chi connectivity index (χ0v) is 22.0. The SMILES string of the molecule is CC(=O)CC(=O)C(CO)C(CCO)CC1CC(=O)c2c(O)c(CCCC(C)C)cc(N(C)C)c2C1. The first-order valence-electron chi connectivity index (χ1n) is 12.8. The fourth-order valence-corrected chi connectivity index (χ4v) is 5.41. The Morgan fingerprint density at radius 3 is 2.37 bits per heavy atom. The van der Waals surface area contributed by atoms with Gasteiger partial charge in [-0.25, -0.2) is 0 Å². The molecule has 0 fully saturated rings. The number of carbonyl (C=O) groups is 3. The molecule has 7 heteroatoms. The number of aromatic hydroxyl groups is 1. The molecule has 0 bridgehead atoms. The number of fused-ring (bicyclic) bond motifs is 1.